The van der Waals surface area contributed by atoms with Gasteiger partial charge in [-0.2, -0.15) is 9.78 Å². The van der Waals surface area contributed by atoms with Crippen molar-refractivity contribution in [1.29, 1.82) is 0 Å². The quantitative estimate of drug-likeness (QED) is 0.567. The minimum atomic E-state index is -0.379. The van der Waals surface area contributed by atoms with E-state index >= 15 is 0 Å². The van der Waals surface area contributed by atoms with Crippen molar-refractivity contribution in [1.82, 2.24) is 25.1 Å². The molecule has 1 aromatic carbocycles. The van der Waals surface area contributed by atoms with Crippen LogP contribution in [0.3, 0.4) is 0 Å². The predicted octanol–water partition coefficient (Wildman–Crippen LogP) is 3.86. The molecule has 0 spiro atoms. The predicted molar refractivity (Wildman–Crippen MR) is 105 cm³/mol. The van der Waals surface area contributed by atoms with Gasteiger partial charge in [0, 0.05) is 47.6 Å². The molecule has 0 fully saturated rings. The number of carbonyl (C=O) groups excluding carboxylic acids is 1. The topological polar surface area (TPSA) is 75.6 Å². The van der Waals surface area contributed by atoms with Gasteiger partial charge in [0.1, 0.15) is 11.5 Å². The van der Waals surface area contributed by atoms with E-state index in [4.69, 9.17) is 0 Å². The molecular weight excluding hydrogens is 357 g/mol. The first-order chi connectivity index (χ1) is 13.5. The van der Waals surface area contributed by atoms with E-state index in [0.717, 1.165) is 33.5 Å². The van der Waals surface area contributed by atoms with E-state index in [-0.39, 0.29) is 18.4 Å². The highest BCUT2D eigenvalue weighted by molar-refractivity contribution is 5.80. The van der Waals surface area contributed by atoms with E-state index < -0.39 is 0 Å². The van der Waals surface area contributed by atoms with Crippen LogP contribution in [-0.4, -0.2) is 25.8 Å². The van der Waals surface area contributed by atoms with Crippen molar-refractivity contribution in [2.45, 2.75) is 26.8 Å². The lowest BCUT2D eigenvalue weighted by Crippen LogP contribution is -2.30. The second kappa shape index (κ2) is 7.26. The number of pyridine rings is 1. The van der Waals surface area contributed by atoms with Crippen LogP contribution >= 0.6 is 0 Å². The molecule has 1 amide bonds. The van der Waals surface area contributed by atoms with E-state index in [1.807, 2.05) is 32.2 Å². The summed E-state index contributed by atoms with van der Waals surface area (Å²) in [6, 6.07) is 9.92. The fraction of sp³-hybridized carbons (Fsp3) is 0.190. The molecule has 0 aliphatic rings. The smallest absolute Gasteiger partial charge is 0.342 e. The standard InChI is InChI=1S/C21H20FN5O/c1-13-18(10-16-12-24-20-17(16)7-5-9-23-20)14(2)27(26-13)21(28)25-11-15-6-3-4-8-19(15)22/h3-9,12H,10-11H2,1-2H3,(H,23,24)(H,25,28). The second-order valence-corrected chi connectivity index (χ2v) is 6.70. The number of amides is 1. The van der Waals surface area contributed by atoms with Crippen LogP contribution in [0.1, 0.15) is 28.1 Å². The minimum Gasteiger partial charge on any atom is -0.346 e. The van der Waals surface area contributed by atoms with Crippen LogP contribution in [-0.2, 0) is 13.0 Å². The van der Waals surface area contributed by atoms with E-state index in [9.17, 15) is 9.18 Å². The Morgan fingerprint density at radius 3 is 2.82 bits per heavy atom. The Bertz CT molecular complexity index is 1160. The molecule has 0 saturated carbocycles. The number of aromatic amines is 1. The summed E-state index contributed by atoms with van der Waals surface area (Å²) in [5.41, 5.74) is 4.91. The van der Waals surface area contributed by atoms with Gasteiger partial charge in [0.15, 0.2) is 0 Å². The molecule has 142 valence electrons. The first-order valence-electron chi connectivity index (χ1n) is 9.02. The molecule has 0 bridgehead atoms. The third-order valence-corrected chi connectivity index (χ3v) is 4.93. The molecule has 4 aromatic rings. The number of nitrogens with one attached hydrogen (secondary N) is 2. The van der Waals surface area contributed by atoms with Crippen molar-refractivity contribution in [3.63, 3.8) is 0 Å². The summed E-state index contributed by atoms with van der Waals surface area (Å²) >= 11 is 0. The Balaban J connectivity index is 1.55. The van der Waals surface area contributed by atoms with Crippen molar-refractivity contribution >= 4 is 17.1 Å². The lowest BCUT2D eigenvalue weighted by molar-refractivity contribution is 0.238. The molecule has 0 radical (unpaired) electrons. The van der Waals surface area contributed by atoms with E-state index in [0.29, 0.717) is 12.0 Å². The van der Waals surface area contributed by atoms with Gasteiger partial charge in [0.25, 0.3) is 0 Å². The molecule has 0 unspecified atom stereocenters. The van der Waals surface area contributed by atoms with Gasteiger partial charge >= 0.3 is 6.03 Å². The van der Waals surface area contributed by atoms with Gasteiger partial charge < -0.3 is 10.3 Å². The zero-order valence-corrected chi connectivity index (χ0v) is 15.7. The molecule has 4 rings (SSSR count). The van der Waals surface area contributed by atoms with Gasteiger partial charge in [0.2, 0.25) is 0 Å². The average Bonchev–Trinajstić information content (AvgIpc) is 3.23. The number of aromatic nitrogens is 4. The fourth-order valence-electron chi connectivity index (χ4n) is 3.37. The highest BCUT2D eigenvalue weighted by Crippen LogP contribution is 2.23. The van der Waals surface area contributed by atoms with Gasteiger partial charge in [-0.25, -0.2) is 14.2 Å². The van der Waals surface area contributed by atoms with Crippen LogP contribution in [0.15, 0.2) is 48.8 Å². The maximum atomic E-state index is 13.7. The number of rotatable bonds is 4. The first-order valence-corrected chi connectivity index (χ1v) is 9.02. The number of hydrogen-bond donors (Lipinski definition) is 2. The van der Waals surface area contributed by atoms with E-state index in [1.54, 1.807) is 24.4 Å². The number of halogens is 1. The van der Waals surface area contributed by atoms with Crippen LogP contribution in [0.4, 0.5) is 9.18 Å². The molecule has 6 nitrogen and oxygen atoms in total. The summed E-state index contributed by atoms with van der Waals surface area (Å²) < 4.78 is 15.1. The molecule has 0 aliphatic carbocycles. The zero-order chi connectivity index (χ0) is 19.7. The molecule has 28 heavy (non-hydrogen) atoms. The lowest BCUT2D eigenvalue weighted by Gasteiger charge is -2.08. The zero-order valence-electron chi connectivity index (χ0n) is 15.7. The number of nitrogens with zero attached hydrogens (tertiary/aromatic N) is 3. The largest absolute Gasteiger partial charge is 0.346 e. The van der Waals surface area contributed by atoms with Gasteiger partial charge in [-0.1, -0.05) is 18.2 Å². The Hall–Kier alpha value is -3.48. The third kappa shape index (κ3) is 3.26. The number of H-pyrrole nitrogens is 1. The number of aryl methyl sites for hydroxylation is 1. The lowest BCUT2D eigenvalue weighted by atomic mass is 10.0. The molecular formula is C21H20FN5O. The molecule has 3 heterocycles. The highest BCUT2D eigenvalue weighted by Gasteiger charge is 2.18. The molecule has 3 aromatic heterocycles. The van der Waals surface area contributed by atoms with Crippen LogP contribution in [0.25, 0.3) is 11.0 Å². The van der Waals surface area contributed by atoms with Crippen molar-refractivity contribution in [2.75, 3.05) is 0 Å². The van der Waals surface area contributed by atoms with Crippen molar-refractivity contribution in [3.05, 3.63) is 82.7 Å². The van der Waals surface area contributed by atoms with Crippen LogP contribution in [0.5, 0.6) is 0 Å². The Kier molecular flexibility index (Phi) is 4.65. The highest BCUT2D eigenvalue weighted by atomic mass is 19.1. The maximum Gasteiger partial charge on any atom is 0.342 e. The Labute approximate surface area is 161 Å². The fourth-order valence-corrected chi connectivity index (χ4v) is 3.37. The van der Waals surface area contributed by atoms with Crippen molar-refractivity contribution in [3.8, 4) is 0 Å². The Morgan fingerprint density at radius 1 is 1.18 bits per heavy atom. The monoisotopic (exact) mass is 377 g/mol. The summed E-state index contributed by atoms with van der Waals surface area (Å²) in [4.78, 5) is 20.1. The van der Waals surface area contributed by atoms with Crippen LogP contribution in [0.2, 0.25) is 0 Å². The van der Waals surface area contributed by atoms with Crippen LogP contribution < -0.4 is 5.32 Å². The summed E-state index contributed by atoms with van der Waals surface area (Å²) in [6.45, 7) is 3.86. The minimum absolute atomic E-state index is 0.104. The number of benzene rings is 1. The van der Waals surface area contributed by atoms with Crippen molar-refractivity contribution < 1.29 is 9.18 Å². The number of fused-ring (bicyclic) bond motifs is 1. The summed E-state index contributed by atoms with van der Waals surface area (Å²) in [5, 5.41) is 8.18. The molecule has 0 atom stereocenters. The summed E-state index contributed by atoms with van der Waals surface area (Å²) in [7, 11) is 0. The molecule has 0 aliphatic heterocycles. The third-order valence-electron chi connectivity index (χ3n) is 4.93. The number of hydrogen-bond acceptors (Lipinski definition) is 3. The van der Waals surface area contributed by atoms with E-state index in [2.05, 4.69) is 20.4 Å². The van der Waals surface area contributed by atoms with E-state index in [1.165, 1.54) is 10.7 Å². The van der Waals surface area contributed by atoms with Crippen molar-refractivity contribution in [2.24, 2.45) is 0 Å². The average molecular weight is 377 g/mol. The Morgan fingerprint density at radius 2 is 2.00 bits per heavy atom. The van der Waals surface area contributed by atoms with Gasteiger partial charge in [-0.3, -0.25) is 0 Å². The van der Waals surface area contributed by atoms with Gasteiger partial charge in [-0.05, 0) is 37.6 Å². The van der Waals surface area contributed by atoms with Gasteiger partial charge in [-0.15, -0.1) is 0 Å². The maximum absolute atomic E-state index is 13.7. The van der Waals surface area contributed by atoms with Gasteiger partial charge in [0.05, 0.1) is 5.69 Å². The second-order valence-electron chi connectivity index (χ2n) is 6.70. The first kappa shape index (κ1) is 17.9. The molecule has 2 N–H and O–H groups in total. The van der Waals surface area contributed by atoms with Crippen LogP contribution in [0, 0.1) is 19.7 Å². The molecule has 0 saturated heterocycles. The number of carbonyl (C=O) groups is 1. The summed E-state index contributed by atoms with van der Waals surface area (Å²) in [6.07, 6.45) is 4.33. The SMILES string of the molecule is Cc1nn(C(=O)NCc2ccccc2F)c(C)c1Cc1c[nH]c2ncccc12. The normalized spacial score (nSPS) is 11.1. The molecule has 7 heteroatoms. The summed E-state index contributed by atoms with van der Waals surface area (Å²) in [5.74, 6) is -0.343.